The molecular weight excluding hydrogens is 228 g/mol. The first-order chi connectivity index (χ1) is 8.54. The van der Waals surface area contributed by atoms with Gasteiger partial charge in [0.25, 0.3) is 0 Å². The molecule has 0 fully saturated rings. The number of hydrogen-bond donors (Lipinski definition) is 1. The molecule has 0 aliphatic carbocycles. The van der Waals surface area contributed by atoms with E-state index >= 15 is 0 Å². The van der Waals surface area contributed by atoms with Gasteiger partial charge < -0.3 is 10.5 Å². The minimum absolute atomic E-state index is 0.405. The molecule has 0 bridgehead atoms. The highest BCUT2D eigenvalue weighted by Gasteiger charge is 2.12. The number of hydrogen-bond acceptors (Lipinski definition) is 5. The van der Waals surface area contributed by atoms with Crippen molar-refractivity contribution in [3.63, 3.8) is 0 Å². The zero-order valence-corrected chi connectivity index (χ0v) is 11.8. The van der Waals surface area contributed by atoms with Gasteiger partial charge in [-0.1, -0.05) is 0 Å². The molecule has 5 nitrogen and oxygen atoms in total. The molecule has 0 saturated carbocycles. The summed E-state index contributed by atoms with van der Waals surface area (Å²) in [5.41, 5.74) is 6.23. The first-order valence-electron chi connectivity index (χ1n) is 6.44. The second-order valence-electron chi connectivity index (χ2n) is 4.82. The SMILES string of the molecule is CC(C)N(CCOc1cnc(CN)cn1)C(C)C. The van der Waals surface area contributed by atoms with E-state index in [1.807, 2.05) is 0 Å². The van der Waals surface area contributed by atoms with Crippen LogP contribution in [0.4, 0.5) is 0 Å². The predicted octanol–water partition coefficient (Wildman–Crippen LogP) is 1.43. The molecule has 0 aliphatic rings. The Hall–Kier alpha value is -1.20. The molecule has 0 radical (unpaired) electrons. The van der Waals surface area contributed by atoms with Crippen LogP contribution in [0.25, 0.3) is 0 Å². The lowest BCUT2D eigenvalue weighted by atomic mass is 10.2. The van der Waals surface area contributed by atoms with Gasteiger partial charge in [0.2, 0.25) is 5.88 Å². The summed E-state index contributed by atoms with van der Waals surface area (Å²) in [7, 11) is 0. The van der Waals surface area contributed by atoms with E-state index in [-0.39, 0.29) is 0 Å². The fraction of sp³-hybridized carbons (Fsp3) is 0.692. The summed E-state index contributed by atoms with van der Waals surface area (Å²) in [6.07, 6.45) is 3.27. The zero-order valence-electron chi connectivity index (χ0n) is 11.8. The van der Waals surface area contributed by atoms with E-state index in [9.17, 15) is 0 Å². The van der Waals surface area contributed by atoms with E-state index in [0.717, 1.165) is 12.2 Å². The van der Waals surface area contributed by atoms with Crippen molar-refractivity contribution in [2.24, 2.45) is 5.73 Å². The van der Waals surface area contributed by atoms with E-state index in [1.54, 1.807) is 12.4 Å². The van der Waals surface area contributed by atoms with Crippen LogP contribution in [0, 0.1) is 0 Å². The molecule has 0 aliphatic heterocycles. The van der Waals surface area contributed by atoms with Crippen molar-refractivity contribution < 1.29 is 4.74 Å². The fourth-order valence-electron chi connectivity index (χ4n) is 1.89. The summed E-state index contributed by atoms with van der Waals surface area (Å²) in [4.78, 5) is 10.7. The summed E-state index contributed by atoms with van der Waals surface area (Å²) in [5.74, 6) is 0.555. The molecule has 5 heteroatoms. The maximum absolute atomic E-state index is 5.58. The number of nitrogens with zero attached hydrogens (tertiary/aromatic N) is 3. The third-order valence-electron chi connectivity index (χ3n) is 2.82. The van der Waals surface area contributed by atoms with Gasteiger partial charge in [-0.05, 0) is 27.7 Å². The molecule has 1 heterocycles. The van der Waals surface area contributed by atoms with Crippen LogP contribution in [0.3, 0.4) is 0 Å². The molecular formula is C13H24N4O. The molecule has 0 saturated heterocycles. The maximum atomic E-state index is 5.58. The Morgan fingerprint density at radius 2 is 1.83 bits per heavy atom. The molecule has 18 heavy (non-hydrogen) atoms. The van der Waals surface area contributed by atoms with Gasteiger partial charge in [-0.2, -0.15) is 0 Å². The Kier molecular flexibility index (Phi) is 6.01. The summed E-state index contributed by atoms with van der Waals surface area (Å²) in [6.45, 7) is 10.7. The number of ether oxygens (including phenoxy) is 1. The molecule has 2 N–H and O–H groups in total. The third kappa shape index (κ3) is 4.58. The van der Waals surface area contributed by atoms with E-state index < -0.39 is 0 Å². The van der Waals surface area contributed by atoms with E-state index in [1.165, 1.54) is 0 Å². The van der Waals surface area contributed by atoms with Crippen LogP contribution in [0.15, 0.2) is 12.4 Å². The van der Waals surface area contributed by atoms with Crippen LogP contribution < -0.4 is 10.5 Å². The smallest absolute Gasteiger partial charge is 0.232 e. The Morgan fingerprint density at radius 1 is 1.17 bits per heavy atom. The highest BCUT2D eigenvalue weighted by Crippen LogP contribution is 2.07. The second kappa shape index (κ2) is 7.28. The highest BCUT2D eigenvalue weighted by molar-refractivity contribution is 5.06. The summed E-state index contributed by atoms with van der Waals surface area (Å²) in [6, 6.07) is 1.03. The van der Waals surface area contributed by atoms with Crippen LogP contribution in [0.1, 0.15) is 33.4 Å². The summed E-state index contributed by atoms with van der Waals surface area (Å²) in [5, 5.41) is 0. The second-order valence-corrected chi connectivity index (χ2v) is 4.82. The quantitative estimate of drug-likeness (QED) is 0.795. The van der Waals surface area contributed by atoms with Gasteiger partial charge in [0.1, 0.15) is 6.61 Å². The number of aromatic nitrogens is 2. The lowest BCUT2D eigenvalue weighted by Crippen LogP contribution is -2.39. The lowest BCUT2D eigenvalue weighted by molar-refractivity contribution is 0.140. The van der Waals surface area contributed by atoms with Gasteiger partial charge in [-0.15, -0.1) is 0 Å². The van der Waals surface area contributed by atoms with Gasteiger partial charge >= 0.3 is 0 Å². The number of rotatable bonds is 7. The van der Waals surface area contributed by atoms with Crippen molar-refractivity contribution in [2.75, 3.05) is 13.2 Å². The largest absolute Gasteiger partial charge is 0.475 e. The van der Waals surface area contributed by atoms with Crippen molar-refractivity contribution in [3.8, 4) is 5.88 Å². The van der Waals surface area contributed by atoms with E-state index in [4.69, 9.17) is 10.5 Å². The number of nitrogens with two attached hydrogens (primary N) is 1. The van der Waals surface area contributed by atoms with Gasteiger partial charge in [0.15, 0.2) is 0 Å². The Labute approximate surface area is 109 Å². The fourth-order valence-corrected chi connectivity index (χ4v) is 1.89. The molecule has 0 spiro atoms. The zero-order chi connectivity index (χ0) is 13.5. The molecule has 0 unspecified atom stereocenters. The van der Waals surface area contributed by atoms with Gasteiger partial charge in [0, 0.05) is 25.2 Å². The van der Waals surface area contributed by atoms with Crippen molar-refractivity contribution in [1.82, 2.24) is 14.9 Å². The molecule has 102 valence electrons. The van der Waals surface area contributed by atoms with E-state index in [0.29, 0.717) is 31.1 Å². The summed E-state index contributed by atoms with van der Waals surface area (Å²) >= 11 is 0. The van der Waals surface area contributed by atoms with E-state index in [2.05, 4.69) is 42.6 Å². The summed E-state index contributed by atoms with van der Waals surface area (Å²) < 4.78 is 5.58. The maximum Gasteiger partial charge on any atom is 0.232 e. The van der Waals surface area contributed by atoms with Gasteiger partial charge in [0.05, 0.1) is 18.1 Å². The van der Waals surface area contributed by atoms with Crippen molar-refractivity contribution in [3.05, 3.63) is 18.1 Å². The Morgan fingerprint density at radius 3 is 2.28 bits per heavy atom. The van der Waals surface area contributed by atoms with Gasteiger partial charge in [-0.3, -0.25) is 9.88 Å². The topological polar surface area (TPSA) is 64.3 Å². The van der Waals surface area contributed by atoms with Crippen LogP contribution in [0.5, 0.6) is 5.88 Å². The third-order valence-corrected chi connectivity index (χ3v) is 2.82. The molecule has 0 amide bonds. The molecule has 0 aromatic carbocycles. The highest BCUT2D eigenvalue weighted by atomic mass is 16.5. The van der Waals surface area contributed by atoms with Gasteiger partial charge in [-0.25, -0.2) is 4.98 Å². The standard InChI is InChI=1S/C13H24N4O/c1-10(2)17(11(3)4)5-6-18-13-9-15-12(7-14)8-16-13/h8-11H,5-7,14H2,1-4H3. The monoisotopic (exact) mass is 252 g/mol. The molecule has 0 atom stereocenters. The first kappa shape index (κ1) is 14.9. The minimum Gasteiger partial charge on any atom is -0.475 e. The molecule has 1 aromatic heterocycles. The van der Waals surface area contributed by atoms with Crippen LogP contribution in [0.2, 0.25) is 0 Å². The Bertz CT molecular complexity index is 329. The molecule has 1 aromatic rings. The predicted molar refractivity (Wildman–Crippen MR) is 72.4 cm³/mol. The van der Waals surface area contributed by atoms with Crippen LogP contribution >= 0.6 is 0 Å². The van der Waals surface area contributed by atoms with Crippen molar-refractivity contribution in [2.45, 2.75) is 46.3 Å². The average Bonchev–Trinajstić information content (AvgIpc) is 2.34. The van der Waals surface area contributed by atoms with Crippen LogP contribution in [-0.2, 0) is 6.54 Å². The minimum atomic E-state index is 0.405. The normalized spacial score (nSPS) is 11.6. The van der Waals surface area contributed by atoms with Crippen molar-refractivity contribution in [1.29, 1.82) is 0 Å². The van der Waals surface area contributed by atoms with Crippen molar-refractivity contribution >= 4 is 0 Å². The average molecular weight is 252 g/mol. The first-order valence-corrected chi connectivity index (χ1v) is 6.44. The van der Waals surface area contributed by atoms with Crippen LogP contribution in [-0.4, -0.2) is 40.1 Å². The Balaban J connectivity index is 2.40. The lowest BCUT2D eigenvalue weighted by Gasteiger charge is -2.30. The molecule has 1 rings (SSSR count).